The number of nitrogens with zero attached hydrogens (tertiary/aromatic N) is 5. The molecule has 1 saturated carbocycles. The number of nitrogens with one attached hydrogen (secondary N) is 1. The van der Waals surface area contributed by atoms with Crippen LogP contribution in [-0.2, 0) is 4.79 Å². The van der Waals surface area contributed by atoms with E-state index in [1.807, 2.05) is 30.3 Å². The Balaban J connectivity index is 1.55. The van der Waals surface area contributed by atoms with Gasteiger partial charge in [0.2, 0.25) is 5.91 Å². The highest BCUT2D eigenvalue weighted by molar-refractivity contribution is 7.99. The molecule has 8 nitrogen and oxygen atoms in total. The lowest BCUT2D eigenvalue weighted by Gasteiger charge is -2.39. The van der Waals surface area contributed by atoms with Gasteiger partial charge in [-0.2, -0.15) is 10.4 Å². The predicted molar refractivity (Wildman–Crippen MR) is 114 cm³/mol. The van der Waals surface area contributed by atoms with Crippen LogP contribution >= 0.6 is 11.8 Å². The first-order chi connectivity index (χ1) is 14.5. The lowest BCUT2D eigenvalue weighted by atomic mass is 9.81. The van der Waals surface area contributed by atoms with Crippen molar-refractivity contribution in [3.8, 4) is 11.8 Å². The minimum atomic E-state index is -0.730. The molecule has 0 saturated heterocycles. The minimum absolute atomic E-state index is 0.0911. The Morgan fingerprint density at radius 2 is 2.03 bits per heavy atom. The minimum Gasteiger partial charge on any atom is -0.326 e. The third kappa shape index (κ3) is 3.71. The van der Waals surface area contributed by atoms with Crippen molar-refractivity contribution in [1.29, 1.82) is 5.26 Å². The largest absolute Gasteiger partial charge is 0.326 e. The average molecular weight is 423 g/mol. The van der Waals surface area contributed by atoms with E-state index in [0.29, 0.717) is 29.0 Å². The van der Waals surface area contributed by atoms with Gasteiger partial charge in [-0.25, -0.2) is 9.67 Å². The van der Waals surface area contributed by atoms with Crippen molar-refractivity contribution in [3.63, 3.8) is 0 Å². The Hall–Kier alpha value is -3.12. The standard InChI is InChI=1S/C21H22N6O2S/c1-26(21(14-22)10-6-3-7-11-21)17(28)13-30-20-24-18-16(19(29)25-20)12-23-27(18)15-8-4-2-5-9-15/h2,4-5,8-9,12H,3,6-7,10-11,13H2,1H3,(H,24,25,29). The van der Waals surface area contributed by atoms with E-state index in [1.54, 1.807) is 16.6 Å². The van der Waals surface area contributed by atoms with Gasteiger partial charge in [0.15, 0.2) is 10.8 Å². The third-order valence-corrected chi connectivity index (χ3v) is 6.51. The zero-order valence-electron chi connectivity index (χ0n) is 16.7. The fraction of sp³-hybridized carbons (Fsp3) is 0.381. The van der Waals surface area contributed by atoms with Crippen molar-refractivity contribution in [2.75, 3.05) is 12.8 Å². The van der Waals surface area contributed by atoms with E-state index in [9.17, 15) is 14.9 Å². The van der Waals surface area contributed by atoms with Crippen molar-refractivity contribution in [2.45, 2.75) is 42.8 Å². The van der Waals surface area contributed by atoms with Crippen LogP contribution in [0, 0.1) is 11.3 Å². The van der Waals surface area contributed by atoms with Crippen LogP contribution in [0.3, 0.4) is 0 Å². The molecule has 0 unspecified atom stereocenters. The van der Waals surface area contributed by atoms with Crippen LogP contribution in [0.4, 0.5) is 0 Å². The zero-order chi connectivity index (χ0) is 21.1. The zero-order valence-corrected chi connectivity index (χ0v) is 17.5. The molecule has 9 heteroatoms. The summed E-state index contributed by atoms with van der Waals surface area (Å²) in [5.41, 5.74) is 0.206. The highest BCUT2D eigenvalue weighted by Crippen LogP contribution is 2.33. The normalized spacial score (nSPS) is 15.6. The molecule has 0 atom stereocenters. The fourth-order valence-corrected chi connectivity index (χ4v) is 4.62. The molecule has 4 rings (SSSR count). The molecule has 3 aromatic rings. The number of para-hydroxylation sites is 1. The Morgan fingerprint density at radius 1 is 1.30 bits per heavy atom. The number of carbonyl (C=O) groups is 1. The van der Waals surface area contributed by atoms with Crippen LogP contribution in [0.2, 0.25) is 0 Å². The summed E-state index contributed by atoms with van der Waals surface area (Å²) >= 11 is 1.16. The number of benzene rings is 1. The van der Waals surface area contributed by atoms with Gasteiger partial charge in [-0.1, -0.05) is 49.2 Å². The highest BCUT2D eigenvalue weighted by atomic mass is 32.2. The first-order valence-electron chi connectivity index (χ1n) is 9.88. The number of amides is 1. The molecule has 0 radical (unpaired) electrons. The van der Waals surface area contributed by atoms with Crippen LogP contribution in [0.15, 0.2) is 46.5 Å². The van der Waals surface area contributed by atoms with Crippen molar-refractivity contribution < 1.29 is 4.79 Å². The fourth-order valence-electron chi connectivity index (χ4n) is 3.85. The number of H-pyrrole nitrogens is 1. The van der Waals surface area contributed by atoms with Gasteiger partial charge in [-0.15, -0.1) is 0 Å². The Bertz CT molecular complexity index is 1160. The number of hydrogen-bond acceptors (Lipinski definition) is 6. The number of aromatic nitrogens is 4. The van der Waals surface area contributed by atoms with Gasteiger partial charge in [-0.3, -0.25) is 9.59 Å². The van der Waals surface area contributed by atoms with Gasteiger partial charge in [0, 0.05) is 7.05 Å². The summed E-state index contributed by atoms with van der Waals surface area (Å²) in [6.07, 6.45) is 5.89. The molecule has 1 aliphatic carbocycles. The molecule has 30 heavy (non-hydrogen) atoms. The summed E-state index contributed by atoms with van der Waals surface area (Å²) < 4.78 is 1.61. The number of aromatic amines is 1. The summed E-state index contributed by atoms with van der Waals surface area (Å²) in [4.78, 5) is 34.1. The summed E-state index contributed by atoms with van der Waals surface area (Å²) in [6.45, 7) is 0. The topological polar surface area (TPSA) is 108 Å². The molecule has 0 spiro atoms. The molecule has 154 valence electrons. The first-order valence-corrected chi connectivity index (χ1v) is 10.9. The van der Waals surface area contributed by atoms with Crippen molar-refractivity contribution in [3.05, 3.63) is 46.9 Å². The smallest absolute Gasteiger partial charge is 0.262 e. The third-order valence-electron chi connectivity index (χ3n) is 5.65. The number of fused-ring (bicyclic) bond motifs is 1. The Morgan fingerprint density at radius 3 is 2.73 bits per heavy atom. The lowest BCUT2D eigenvalue weighted by Crippen LogP contribution is -2.50. The van der Waals surface area contributed by atoms with Crippen LogP contribution in [-0.4, -0.2) is 48.9 Å². The van der Waals surface area contributed by atoms with Crippen molar-refractivity contribution in [1.82, 2.24) is 24.6 Å². The number of carbonyl (C=O) groups excluding carboxylic acids is 1. The second-order valence-corrected chi connectivity index (χ2v) is 8.41. The number of nitriles is 1. The van der Waals surface area contributed by atoms with Crippen molar-refractivity contribution in [2.24, 2.45) is 0 Å². The van der Waals surface area contributed by atoms with E-state index in [4.69, 9.17) is 0 Å². The summed E-state index contributed by atoms with van der Waals surface area (Å²) in [6, 6.07) is 11.8. The van der Waals surface area contributed by atoms with Gasteiger partial charge >= 0.3 is 0 Å². The maximum absolute atomic E-state index is 12.8. The van der Waals surface area contributed by atoms with Gasteiger partial charge in [0.1, 0.15) is 10.9 Å². The Kier molecular flexibility index (Phi) is 5.59. The second-order valence-electron chi connectivity index (χ2n) is 7.45. The molecule has 1 aromatic carbocycles. The lowest BCUT2D eigenvalue weighted by molar-refractivity contribution is -0.131. The van der Waals surface area contributed by atoms with Crippen LogP contribution in [0.25, 0.3) is 16.7 Å². The summed E-state index contributed by atoms with van der Waals surface area (Å²) in [5, 5.41) is 14.7. The molecular formula is C21H22N6O2S. The van der Waals surface area contributed by atoms with E-state index in [2.05, 4.69) is 21.1 Å². The molecule has 0 bridgehead atoms. The molecule has 1 N–H and O–H groups in total. The molecule has 1 aliphatic rings. The molecule has 1 amide bonds. The van der Waals surface area contributed by atoms with E-state index < -0.39 is 5.54 Å². The van der Waals surface area contributed by atoms with Gasteiger partial charge in [-0.05, 0) is 25.0 Å². The quantitative estimate of drug-likeness (QED) is 0.500. The first kappa shape index (κ1) is 20.2. The second kappa shape index (κ2) is 8.32. The van der Waals surface area contributed by atoms with E-state index in [1.165, 1.54) is 6.20 Å². The number of thioether (sulfide) groups is 1. The summed E-state index contributed by atoms with van der Waals surface area (Å²) in [7, 11) is 1.70. The van der Waals surface area contributed by atoms with Gasteiger partial charge in [0.05, 0.1) is 23.7 Å². The number of hydrogen-bond donors (Lipinski definition) is 1. The maximum atomic E-state index is 12.8. The van der Waals surface area contributed by atoms with Crippen LogP contribution < -0.4 is 5.56 Å². The highest BCUT2D eigenvalue weighted by Gasteiger charge is 2.38. The van der Waals surface area contributed by atoms with Gasteiger partial charge < -0.3 is 9.88 Å². The maximum Gasteiger partial charge on any atom is 0.262 e. The van der Waals surface area contributed by atoms with E-state index in [-0.39, 0.29) is 17.2 Å². The summed E-state index contributed by atoms with van der Waals surface area (Å²) in [5.74, 6) is -0.0591. The van der Waals surface area contributed by atoms with E-state index in [0.717, 1.165) is 36.7 Å². The monoisotopic (exact) mass is 422 g/mol. The number of rotatable bonds is 5. The van der Waals surface area contributed by atoms with Crippen molar-refractivity contribution >= 4 is 28.7 Å². The molecule has 2 heterocycles. The predicted octanol–water partition coefficient (Wildman–Crippen LogP) is 2.89. The molecule has 1 fully saturated rings. The van der Waals surface area contributed by atoms with Crippen LogP contribution in [0.5, 0.6) is 0 Å². The van der Waals surface area contributed by atoms with Crippen LogP contribution in [0.1, 0.15) is 32.1 Å². The molecule has 0 aliphatic heterocycles. The Labute approximate surface area is 177 Å². The SMILES string of the molecule is CN(C(=O)CSc1nc2c(cnn2-c2ccccc2)c(=O)[nH]1)C1(C#N)CCCCC1. The van der Waals surface area contributed by atoms with E-state index >= 15 is 0 Å². The van der Waals surface area contributed by atoms with Gasteiger partial charge in [0.25, 0.3) is 5.56 Å². The average Bonchev–Trinajstić information content (AvgIpc) is 3.22. The molecular weight excluding hydrogens is 400 g/mol. The molecule has 2 aromatic heterocycles.